The highest BCUT2D eigenvalue weighted by molar-refractivity contribution is 6.65. The molecule has 1 fully saturated rings. The fourth-order valence-corrected chi connectivity index (χ4v) is 4.77. The number of hydrogen-bond acceptors (Lipinski definition) is 4. The largest absolute Gasteiger partial charge is 0.495 e. The molecule has 0 spiro atoms. The number of rotatable bonds is 4. The van der Waals surface area contributed by atoms with Crippen LogP contribution in [0.15, 0.2) is 103 Å². The summed E-state index contributed by atoms with van der Waals surface area (Å²) in [4.78, 5) is 10.1. The van der Waals surface area contributed by atoms with Crippen molar-refractivity contribution in [2.24, 2.45) is 0 Å². The van der Waals surface area contributed by atoms with Crippen LogP contribution in [0.4, 0.5) is 0 Å². The molecular formula is C32H29BN2O2. The smallest absolute Gasteiger partial charge is 0.399 e. The molecule has 0 atom stereocenters. The van der Waals surface area contributed by atoms with E-state index in [0.717, 1.165) is 44.3 Å². The number of aromatic nitrogens is 2. The van der Waals surface area contributed by atoms with Gasteiger partial charge in [0.1, 0.15) is 0 Å². The minimum atomic E-state index is -0.444. The van der Waals surface area contributed by atoms with E-state index in [1.54, 1.807) is 0 Å². The van der Waals surface area contributed by atoms with Gasteiger partial charge in [-0.1, -0.05) is 97.1 Å². The average molecular weight is 484 g/mol. The number of fused-ring (bicyclic) bond motifs is 1. The Hall–Kier alpha value is -3.80. The summed E-state index contributed by atoms with van der Waals surface area (Å²) in [5.41, 5.74) is 5.08. The first-order valence-corrected chi connectivity index (χ1v) is 12.7. The summed E-state index contributed by atoms with van der Waals surface area (Å²) in [6, 6.07) is 35.1. The third kappa shape index (κ3) is 4.24. The van der Waals surface area contributed by atoms with Gasteiger partial charge < -0.3 is 9.31 Å². The molecule has 0 unspecified atom stereocenters. The monoisotopic (exact) mass is 484 g/mol. The Bertz CT molecular complexity index is 1510. The lowest BCUT2D eigenvalue weighted by atomic mass is 9.75. The van der Waals surface area contributed by atoms with Crippen LogP contribution in [0.3, 0.4) is 0 Å². The van der Waals surface area contributed by atoms with Crippen molar-refractivity contribution in [3.63, 3.8) is 0 Å². The quantitative estimate of drug-likeness (QED) is 0.260. The van der Waals surface area contributed by atoms with Gasteiger partial charge in [-0.05, 0) is 50.0 Å². The Balaban J connectivity index is 1.53. The molecule has 1 aromatic heterocycles. The lowest BCUT2D eigenvalue weighted by Crippen LogP contribution is -2.41. The molecule has 0 radical (unpaired) electrons. The van der Waals surface area contributed by atoms with Crippen molar-refractivity contribution >= 4 is 23.4 Å². The van der Waals surface area contributed by atoms with E-state index in [4.69, 9.17) is 19.3 Å². The predicted molar refractivity (Wildman–Crippen MR) is 152 cm³/mol. The van der Waals surface area contributed by atoms with Crippen molar-refractivity contribution in [3.8, 4) is 33.9 Å². The van der Waals surface area contributed by atoms with Crippen LogP contribution in [0.25, 0.3) is 44.7 Å². The molecule has 0 amide bonds. The summed E-state index contributed by atoms with van der Waals surface area (Å²) < 4.78 is 12.8. The first-order chi connectivity index (χ1) is 17.8. The summed E-state index contributed by atoms with van der Waals surface area (Å²) in [6.07, 6.45) is 0. The molecule has 5 heteroatoms. The standard InChI is InChI=1S/C32H29BN2O2/c1-31(2)32(3,4)37-33(36-31)27-20-19-26(24-17-11-12-18-25(24)27)30-34-28(22-13-7-5-8-14-22)21-29(35-30)23-15-9-6-10-16-23/h5-21H,1-4H3. The van der Waals surface area contributed by atoms with Gasteiger partial charge in [0.05, 0.1) is 22.6 Å². The predicted octanol–water partition coefficient (Wildman–Crippen LogP) is 6.93. The van der Waals surface area contributed by atoms with Crippen LogP contribution in [-0.4, -0.2) is 28.3 Å². The summed E-state index contributed by atoms with van der Waals surface area (Å²) in [5, 5.41) is 2.15. The zero-order valence-corrected chi connectivity index (χ0v) is 21.6. The second kappa shape index (κ2) is 8.95. The zero-order valence-electron chi connectivity index (χ0n) is 21.6. The molecule has 1 aliphatic heterocycles. The molecule has 0 saturated carbocycles. The fraction of sp³-hybridized carbons (Fsp3) is 0.188. The van der Waals surface area contributed by atoms with Crippen LogP contribution in [0.1, 0.15) is 27.7 Å². The molecule has 1 aliphatic rings. The van der Waals surface area contributed by atoms with Crippen LogP contribution in [-0.2, 0) is 9.31 Å². The summed E-state index contributed by atoms with van der Waals surface area (Å²) in [5.74, 6) is 0.692. The van der Waals surface area contributed by atoms with Crippen molar-refractivity contribution < 1.29 is 9.31 Å². The molecule has 0 aliphatic carbocycles. The third-order valence-electron chi connectivity index (χ3n) is 7.57. The maximum atomic E-state index is 6.40. The Morgan fingerprint density at radius 3 is 1.59 bits per heavy atom. The number of nitrogens with zero attached hydrogens (tertiary/aromatic N) is 2. The van der Waals surface area contributed by atoms with Crippen molar-refractivity contribution in [2.75, 3.05) is 0 Å². The molecular weight excluding hydrogens is 455 g/mol. The molecule has 37 heavy (non-hydrogen) atoms. The van der Waals surface area contributed by atoms with E-state index in [-0.39, 0.29) is 0 Å². The second-order valence-electron chi connectivity index (χ2n) is 10.5. The van der Waals surface area contributed by atoms with Gasteiger partial charge in [-0.25, -0.2) is 9.97 Å². The normalized spacial score (nSPS) is 16.3. The topological polar surface area (TPSA) is 44.2 Å². The molecule has 2 heterocycles. The van der Waals surface area contributed by atoms with E-state index in [1.807, 2.05) is 36.4 Å². The molecule has 182 valence electrons. The van der Waals surface area contributed by atoms with Crippen LogP contribution in [0.5, 0.6) is 0 Å². The van der Waals surface area contributed by atoms with Gasteiger partial charge >= 0.3 is 7.12 Å². The molecule has 5 aromatic rings. The highest BCUT2D eigenvalue weighted by Crippen LogP contribution is 2.38. The van der Waals surface area contributed by atoms with E-state index >= 15 is 0 Å². The Kier molecular flexibility index (Phi) is 5.71. The SMILES string of the molecule is CC1(C)OB(c2ccc(-c3nc(-c4ccccc4)cc(-c4ccccc4)n3)c3ccccc23)OC1(C)C. The van der Waals surface area contributed by atoms with Crippen molar-refractivity contribution in [3.05, 3.63) is 103 Å². The zero-order chi connectivity index (χ0) is 25.6. The van der Waals surface area contributed by atoms with E-state index < -0.39 is 18.3 Å². The molecule has 4 aromatic carbocycles. The third-order valence-corrected chi connectivity index (χ3v) is 7.57. The Morgan fingerprint density at radius 1 is 0.568 bits per heavy atom. The first-order valence-electron chi connectivity index (χ1n) is 12.7. The lowest BCUT2D eigenvalue weighted by molar-refractivity contribution is 0.00578. The van der Waals surface area contributed by atoms with Gasteiger partial charge in [-0.15, -0.1) is 0 Å². The minimum absolute atomic E-state index is 0.408. The lowest BCUT2D eigenvalue weighted by Gasteiger charge is -2.32. The Labute approximate surface area is 218 Å². The number of benzene rings is 4. The maximum absolute atomic E-state index is 6.40. The highest BCUT2D eigenvalue weighted by Gasteiger charge is 2.52. The first kappa shape index (κ1) is 23.6. The van der Waals surface area contributed by atoms with E-state index in [0.29, 0.717) is 5.82 Å². The van der Waals surface area contributed by atoms with Gasteiger partial charge in [-0.3, -0.25) is 0 Å². The van der Waals surface area contributed by atoms with Crippen LogP contribution in [0, 0.1) is 0 Å². The van der Waals surface area contributed by atoms with E-state index in [2.05, 4.69) is 94.4 Å². The maximum Gasteiger partial charge on any atom is 0.495 e. The van der Waals surface area contributed by atoms with Crippen molar-refractivity contribution in [1.82, 2.24) is 9.97 Å². The fourth-order valence-electron chi connectivity index (χ4n) is 4.77. The molecule has 1 saturated heterocycles. The molecule has 6 rings (SSSR count). The Morgan fingerprint density at radius 2 is 1.05 bits per heavy atom. The van der Waals surface area contributed by atoms with Gasteiger partial charge in [0, 0.05) is 16.7 Å². The van der Waals surface area contributed by atoms with Crippen LogP contribution < -0.4 is 5.46 Å². The minimum Gasteiger partial charge on any atom is -0.399 e. The van der Waals surface area contributed by atoms with E-state index in [9.17, 15) is 0 Å². The second-order valence-corrected chi connectivity index (χ2v) is 10.5. The van der Waals surface area contributed by atoms with Crippen molar-refractivity contribution in [1.29, 1.82) is 0 Å². The average Bonchev–Trinajstić information content (AvgIpc) is 3.15. The highest BCUT2D eigenvalue weighted by atomic mass is 16.7. The van der Waals surface area contributed by atoms with Gasteiger partial charge in [0.25, 0.3) is 0 Å². The van der Waals surface area contributed by atoms with Crippen LogP contribution >= 0.6 is 0 Å². The summed E-state index contributed by atoms with van der Waals surface area (Å²) in [7, 11) is -0.444. The number of hydrogen-bond donors (Lipinski definition) is 0. The summed E-state index contributed by atoms with van der Waals surface area (Å²) >= 11 is 0. The van der Waals surface area contributed by atoms with Gasteiger partial charge in [-0.2, -0.15) is 0 Å². The van der Waals surface area contributed by atoms with Crippen molar-refractivity contribution in [2.45, 2.75) is 38.9 Å². The molecule has 4 nitrogen and oxygen atoms in total. The molecule has 0 bridgehead atoms. The summed E-state index contributed by atoms with van der Waals surface area (Å²) in [6.45, 7) is 8.32. The van der Waals surface area contributed by atoms with Gasteiger partial charge in [0.2, 0.25) is 0 Å². The van der Waals surface area contributed by atoms with E-state index in [1.165, 1.54) is 0 Å². The van der Waals surface area contributed by atoms with Crippen LogP contribution in [0.2, 0.25) is 0 Å². The molecule has 0 N–H and O–H groups in total. The van der Waals surface area contributed by atoms with Gasteiger partial charge in [0.15, 0.2) is 5.82 Å².